The van der Waals surface area contributed by atoms with Crippen molar-refractivity contribution in [2.45, 2.75) is 38.0 Å². The lowest BCUT2D eigenvalue weighted by molar-refractivity contribution is -0.275. The Balaban J connectivity index is 1.48. The van der Waals surface area contributed by atoms with Crippen LogP contribution in [-0.4, -0.2) is 19.6 Å². The van der Waals surface area contributed by atoms with Crippen molar-refractivity contribution < 1.29 is 54.1 Å². The molecule has 1 saturated carbocycles. The fraction of sp³-hybridized carbons (Fsp3) is 0.455. The molecule has 34 heavy (non-hydrogen) atoms. The summed E-state index contributed by atoms with van der Waals surface area (Å²) >= 11 is 0. The number of ether oxygens (including phenoxy) is 4. The summed E-state index contributed by atoms with van der Waals surface area (Å²) in [5.74, 6) is -6.68. The molecule has 0 radical (unpaired) electrons. The maximum Gasteiger partial charge on any atom is 0.573 e. The lowest BCUT2D eigenvalue weighted by atomic mass is 9.76. The molecule has 4 rings (SSSR count). The Labute approximate surface area is 188 Å². The summed E-state index contributed by atoms with van der Waals surface area (Å²) < 4.78 is 127. The number of rotatable bonds is 6. The third kappa shape index (κ3) is 5.38. The minimum Gasteiger partial charge on any atom is -0.429 e. The van der Waals surface area contributed by atoms with E-state index < -0.39 is 53.3 Å². The van der Waals surface area contributed by atoms with E-state index in [0.29, 0.717) is 43.4 Å². The van der Waals surface area contributed by atoms with Gasteiger partial charge in [0.15, 0.2) is 17.9 Å². The smallest absolute Gasteiger partial charge is 0.429 e. The molecule has 2 aliphatic rings. The van der Waals surface area contributed by atoms with Crippen molar-refractivity contribution in [3.05, 3.63) is 58.9 Å². The first-order chi connectivity index (χ1) is 15.9. The highest BCUT2D eigenvalue weighted by Crippen LogP contribution is 2.40. The first-order valence-electron chi connectivity index (χ1n) is 10.3. The molecule has 1 saturated heterocycles. The van der Waals surface area contributed by atoms with Crippen LogP contribution in [-0.2, 0) is 15.6 Å². The molecule has 0 unspecified atom stereocenters. The van der Waals surface area contributed by atoms with Gasteiger partial charge in [0, 0.05) is 17.5 Å². The minimum absolute atomic E-state index is 0.152. The van der Waals surface area contributed by atoms with Crippen molar-refractivity contribution in [2.24, 2.45) is 11.8 Å². The van der Waals surface area contributed by atoms with Gasteiger partial charge in [-0.2, -0.15) is 8.78 Å². The molecule has 2 aromatic carbocycles. The Kier molecular flexibility index (Phi) is 6.65. The van der Waals surface area contributed by atoms with Crippen LogP contribution in [0.4, 0.5) is 35.1 Å². The molecule has 0 atom stereocenters. The molecule has 186 valence electrons. The summed E-state index contributed by atoms with van der Waals surface area (Å²) in [4.78, 5) is 0. The normalized spacial score (nSPS) is 21.8. The van der Waals surface area contributed by atoms with Crippen molar-refractivity contribution in [1.29, 1.82) is 0 Å². The van der Waals surface area contributed by atoms with Crippen LogP contribution in [0.25, 0.3) is 0 Å². The van der Waals surface area contributed by atoms with Gasteiger partial charge in [-0.3, -0.25) is 0 Å². The van der Waals surface area contributed by atoms with E-state index in [1.807, 2.05) is 0 Å². The first kappa shape index (κ1) is 24.5. The highest BCUT2D eigenvalue weighted by Gasteiger charge is 2.42. The van der Waals surface area contributed by atoms with Crippen molar-refractivity contribution >= 4 is 0 Å². The Morgan fingerprint density at radius 1 is 0.765 bits per heavy atom. The van der Waals surface area contributed by atoms with Gasteiger partial charge < -0.3 is 18.9 Å². The van der Waals surface area contributed by atoms with Crippen LogP contribution in [0.1, 0.15) is 36.7 Å². The van der Waals surface area contributed by atoms with E-state index in [0.717, 1.165) is 19.3 Å². The van der Waals surface area contributed by atoms with E-state index in [-0.39, 0.29) is 17.5 Å². The molecule has 12 heteroatoms. The third-order valence-electron chi connectivity index (χ3n) is 5.74. The summed E-state index contributed by atoms with van der Waals surface area (Å²) in [5, 5.41) is 0. The van der Waals surface area contributed by atoms with Gasteiger partial charge in [-0.1, -0.05) is 19.3 Å². The lowest BCUT2D eigenvalue weighted by Gasteiger charge is -2.38. The van der Waals surface area contributed by atoms with Gasteiger partial charge in [0.2, 0.25) is 0 Å². The molecule has 0 bridgehead atoms. The fourth-order valence-electron chi connectivity index (χ4n) is 3.85. The third-order valence-corrected chi connectivity index (χ3v) is 5.74. The summed E-state index contributed by atoms with van der Waals surface area (Å²) in [7, 11) is 0. The van der Waals surface area contributed by atoms with Crippen molar-refractivity contribution in [1.82, 2.24) is 0 Å². The van der Waals surface area contributed by atoms with Gasteiger partial charge in [-0.25, -0.2) is 13.2 Å². The van der Waals surface area contributed by atoms with E-state index >= 15 is 0 Å². The zero-order valence-electron chi connectivity index (χ0n) is 17.3. The number of halogens is 8. The highest BCUT2D eigenvalue weighted by molar-refractivity contribution is 5.35. The van der Waals surface area contributed by atoms with Gasteiger partial charge in [-0.15, -0.1) is 13.2 Å². The zero-order valence-corrected chi connectivity index (χ0v) is 17.3. The van der Waals surface area contributed by atoms with Gasteiger partial charge in [0.25, 0.3) is 0 Å². The molecule has 2 aromatic rings. The largest absolute Gasteiger partial charge is 0.573 e. The monoisotopic (exact) mass is 498 g/mol. The van der Waals surface area contributed by atoms with E-state index in [4.69, 9.17) is 9.47 Å². The van der Waals surface area contributed by atoms with E-state index in [2.05, 4.69) is 9.47 Å². The maximum atomic E-state index is 14.5. The maximum absolute atomic E-state index is 14.5. The fourth-order valence-corrected chi connectivity index (χ4v) is 3.85. The standard InChI is InChI=1S/C22H18F8O4/c23-15-8-14(4-5-18(15)34-22(28,29)30)33-21(26,27)19-16(24)6-12(7-17(19)25)20-31-9-13(10-32-20)11-2-1-3-11/h4-8,11,13,20H,1-3,9-10H2. The summed E-state index contributed by atoms with van der Waals surface area (Å²) in [6.45, 7) is 0.610. The molecule has 1 aliphatic heterocycles. The van der Waals surface area contributed by atoms with Gasteiger partial charge in [-0.05, 0) is 30.2 Å². The predicted octanol–water partition coefficient (Wildman–Crippen LogP) is 6.59. The molecule has 0 N–H and O–H groups in total. The second-order valence-corrected chi connectivity index (χ2v) is 8.07. The summed E-state index contributed by atoms with van der Waals surface area (Å²) in [6, 6.07) is 2.32. The minimum atomic E-state index is -5.22. The van der Waals surface area contributed by atoms with E-state index in [9.17, 15) is 35.1 Å². The highest BCUT2D eigenvalue weighted by atomic mass is 19.4. The molecular weight excluding hydrogens is 480 g/mol. The average molecular weight is 498 g/mol. The Bertz CT molecular complexity index is 1010. The Hall–Kier alpha value is -2.60. The van der Waals surface area contributed by atoms with Crippen LogP contribution < -0.4 is 9.47 Å². The quantitative estimate of drug-likeness (QED) is 0.421. The van der Waals surface area contributed by atoms with Crippen molar-refractivity contribution in [3.8, 4) is 11.5 Å². The van der Waals surface area contributed by atoms with Gasteiger partial charge >= 0.3 is 12.5 Å². The number of alkyl halides is 5. The number of hydrogen-bond donors (Lipinski definition) is 0. The topological polar surface area (TPSA) is 36.9 Å². The summed E-state index contributed by atoms with van der Waals surface area (Å²) in [6.07, 6.45) is -7.76. The SMILES string of the molecule is Fc1cc(OC(F)(F)c2c(F)cc(C3OCC(C4CCC4)CO3)cc2F)ccc1OC(F)(F)F. The van der Waals surface area contributed by atoms with Crippen LogP contribution in [0.15, 0.2) is 30.3 Å². The van der Waals surface area contributed by atoms with Crippen molar-refractivity contribution in [2.75, 3.05) is 13.2 Å². The molecular formula is C22H18F8O4. The van der Waals surface area contributed by atoms with Crippen molar-refractivity contribution in [3.63, 3.8) is 0 Å². The molecule has 0 spiro atoms. The van der Waals surface area contributed by atoms with Gasteiger partial charge in [0.05, 0.1) is 13.2 Å². The molecule has 0 aromatic heterocycles. The number of benzene rings is 2. The van der Waals surface area contributed by atoms with Crippen LogP contribution in [0.3, 0.4) is 0 Å². The summed E-state index contributed by atoms with van der Waals surface area (Å²) in [5.41, 5.74) is -1.92. The molecule has 1 aliphatic carbocycles. The average Bonchev–Trinajstić information content (AvgIpc) is 2.67. The Morgan fingerprint density at radius 3 is 1.88 bits per heavy atom. The van der Waals surface area contributed by atoms with E-state index in [1.54, 1.807) is 0 Å². The Morgan fingerprint density at radius 2 is 1.38 bits per heavy atom. The molecule has 4 nitrogen and oxygen atoms in total. The van der Waals surface area contributed by atoms with Crippen LogP contribution in [0.2, 0.25) is 0 Å². The van der Waals surface area contributed by atoms with Crippen LogP contribution in [0, 0.1) is 29.3 Å². The van der Waals surface area contributed by atoms with Crippen LogP contribution in [0.5, 0.6) is 11.5 Å². The molecule has 0 amide bonds. The van der Waals surface area contributed by atoms with Crippen LogP contribution >= 0.6 is 0 Å². The second-order valence-electron chi connectivity index (χ2n) is 8.07. The molecule has 1 heterocycles. The lowest BCUT2D eigenvalue weighted by Crippen LogP contribution is -2.35. The number of hydrogen-bond acceptors (Lipinski definition) is 4. The van der Waals surface area contributed by atoms with E-state index in [1.165, 1.54) is 0 Å². The predicted molar refractivity (Wildman–Crippen MR) is 99.4 cm³/mol. The zero-order chi connectivity index (χ0) is 24.7. The van der Waals surface area contributed by atoms with Gasteiger partial charge in [0.1, 0.15) is 22.9 Å². The second kappa shape index (κ2) is 9.21. The first-order valence-corrected chi connectivity index (χ1v) is 10.3. The molecule has 2 fully saturated rings.